The molecule has 20 heteroatoms. The topological polar surface area (TPSA) is 182 Å². The summed E-state index contributed by atoms with van der Waals surface area (Å²) < 4.78 is 52.2. The fraction of sp³-hybridized carbons (Fsp3) is 1.00. The lowest BCUT2D eigenvalue weighted by molar-refractivity contribution is 0.165. The standard InChI is InChI=1S/C39H88N6O6P2.6ClH/c1-3-5-7-9-11-13-15-17-34-48-52(46,38-32-44(28-19-24-40)29-20-25-41)50-36-23-37-51-53(47,39-33-45(30-21-26-42)31-22-27-43)49-35-18-16-14-12-10-8-6-4-2;;;;;;/h3-43H2,1-2H3;6*1H. The summed E-state index contributed by atoms with van der Waals surface area (Å²) in [5.41, 5.74) is 23.1. The number of hydrogen-bond acceptors (Lipinski definition) is 12. The number of nitrogens with two attached hydrogens (primary N) is 4. The SMILES string of the molecule is CCCCCCCCCCOP(=O)(CCN(CCCN)CCCN)OCCCOP(=O)(CCN(CCCN)CCCN)OCCCCCCCCCC.Cl.Cl.Cl.Cl.Cl.Cl. The number of halogens is 6. The van der Waals surface area contributed by atoms with E-state index in [-0.39, 0.29) is 87.7 Å². The Balaban J connectivity index is -0.000000901. The van der Waals surface area contributed by atoms with Gasteiger partial charge in [0.1, 0.15) is 0 Å². The second-order valence-corrected chi connectivity index (χ2v) is 18.9. The Morgan fingerprint density at radius 1 is 0.339 bits per heavy atom. The lowest BCUT2D eigenvalue weighted by Crippen LogP contribution is -2.31. The molecule has 0 amide bonds. The van der Waals surface area contributed by atoms with Gasteiger partial charge in [0.25, 0.3) is 0 Å². The third-order valence-electron chi connectivity index (χ3n) is 9.53. The van der Waals surface area contributed by atoms with Crippen LogP contribution in [0.4, 0.5) is 0 Å². The van der Waals surface area contributed by atoms with Crippen molar-refractivity contribution in [3.63, 3.8) is 0 Å². The van der Waals surface area contributed by atoms with Crippen LogP contribution in [0.2, 0.25) is 0 Å². The van der Waals surface area contributed by atoms with Crippen LogP contribution >= 0.6 is 89.6 Å². The molecular formula is C39H94Cl6N6O6P2. The van der Waals surface area contributed by atoms with E-state index < -0.39 is 15.2 Å². The zero-order valence-electron chi connectivity index (χ0n) is 37.2. The van der Waals surface area contributed by atoms with Crippen LogP contribution in [0.25, 0.3) is 0 Å². The molecule has 0 aliphatic heterocycles. The Hall–Kier alpha value is 1.80. The van der Waals surface area contributed by atoms with Gasteiger partial charge >= 0.3 is 15.2 Å². The first kappa shape index (κ1) is 75.1. The van der Waals surface area contributed by atoms with Gasteiger partial charge in [0.05, 0.1) is 38.8 Å². The molecule has 0 radical (unpaired) electrons. The molecule has 0 aromatic carbocycles. The van der Waals surface area contributed by atoms with Crippen LogP contribution < -0.4 is 22.9 Å². The predicted octanol–water partition coefficient (Wildman–Crippen LogP) is 10.6. The van der Waals surface area contributed by atoms with E-state index in [2.05, 4.69) is 23.6 Å². The highest BCUT2D eigenvalue weighted by Gasteiger charge is 2.28. The summed E-state index contributed by atoms with van der Waals surface area (Å²) in [6, 6.07) is 0. The van der Waals surface area contributed by atoms with Gasteiger partial charge in [0.2, 0.25) is 0 Å². The molecule has 2 atom stereocenters. The molecule has 0 aliphatic carbocycles. The Morgan fingerprint density at radius 2 is 0.576 bits per heavy atom. The van der Waals surface area contributed by atoms with Crippen LogP contribution in [0.5, 0.6) is 0 Å². The summed E-state index contributed by atoms with van der Waals surface area (Å²) in [5.74, 6) is 0. The van der Waals surface area contributed by atoms with Crippen molar-refractivity contribution in [1.82, 2.24) is 9.80 Å². The summed E-state index contributed by atoms with van der Waals surface area (Å²) in [7, 11) is -6.72. The molecule has 12 nitrogen and oxygen atoms in total. The summed E-state index contributed by atoms with van der Waals surface area (Å²) in [4.78, 5) is 4.51. The molecule has 8 N–H and O–H groups in total. The molecular weight excluding hydrogens is 923 g/mol. The van der Waals surface area contributed by atoms with Gasteiger partial charge in [-0.25, -0.2) is 0 Å². The van der Waals surface area contributed by atoms with Crippen molar-refractivity contribution in [3.8, 4) is 0 Å². The lowest BCUT2D eigenvalue weighted by Gasteiger charge is -2.26. The van der Waals surface area contributed by atoms with Crippen molar-refractivity contribution in [2.24, 2.45) is 22.9 Å². The molecule has 0 aromatic heterocycles. The highest BCUT2D eigenvalue weighted by molar-refractivity contribution is 7.54. The minimum Gasteiger partial charge on any atom is -0.330 e. The first-order chi connectivity index (χ1) is 25.8. The molecule has 0 bridgehead atoms. The Morgan fingerprint density at radius 3 is 0.831 bits per heavy atom. The van der Waals surface area contributed by atoms with E-state index in [0.29, 0.717) is 71.2 Å². The molecule has 0 saturated carbocycles. The number of unbranched alkanes of at least 4 members (excludes halogenated alkanes) is 14. The quantitative estimate of drug-likeness (QED) is 0.0335. The molecule has 0 heterocycles. The zero-order chi connectivity index (χ0) is 39.1. The Labute approximate surface area is 400 Å². The van der Waals surface area contributed by atoms with Crippen LogP contribution in [-0.2, 0) is 27.2 Å². The fourth-order valence-electron chi connectivity index (χ4n) is 6.14. The summed E-state index contributed by atoms with van der Waals surface area (Å²) in [5, 5.41) is 0. The van der Waals surface area contributed by atoms with Gasteiger partial charge in [0, 0.05) is 13.1 Å². The summed E-state index contributed by atoms with van der Waals surface area (Å²) >= 11 is 0. The minimum atomic E-state index is -3.36. The molecule has 2 unspecified atom stereocenters. The fourth-order valence-corrected chi connectivity index (χ4v) is 9.49. The van der Waals surface area contributed by atoms with E-state index in [1.54, 1.807) is 0 Å². The van der Waals surface area contributed by atoms with Crippen molar-refractivity contribution in [3.05, 3.63) is 0 Å². The average molecular weight is 1020 g/mol. The molecule has 59 heavy (non-hydrogen) atoms. The summed E-state index contributed by atoms with van der Waals surface area (Å²) in [6.45, 7) is 12.6. The van der Waals surface area contributed by atoms with Crippen LogP contribution in [0.15, 0.2) is 0 Å². The van der Waals surface area contributed by atoms with Crippen LogP contribution in [-0.4, -0.2) is 114 Å². The van der Waals surface area contributed by atoms with Crippen LogP contribution in [0.1, 0.15) is 149 Å². The molecule has 0 saturated heterocycles. The van der Waals surface area contributed by atoms with E-state index in [1.807, 2.05) is 0 Å². The van der Waals surface area contributed by atoms with Crippen molar-refractivity contribution in [2.75, 3.05) is 104 Å². The number of hydrogen-bond donors (Lipinski definition) is 4. The smallest absolute Gasteiger partial charge is 0.330 e. The van der Waals surface area contributed by atoms with Crippen molar-refractivity contribution >= 4 is 89.6 Å². The van der Waals surface area contributed by atoms with E-state index in [9.17, 15) is 9.13 Å². The van der Waals surface area contributed by atoms with Crippen LogP contribution in [0.3, 0.4) is 0 Å². The van der Waals surface area contributed by atoms with Crippen molar-refractivity contribution < 1.29 is 27.2 Å². The number of nitrogens with zero attached hydrogens (tertiary/aromatic N) is 2. The van der Waals surface area contributed by atoms with E-state index >= 15 is 0 Å². The highest BCUT2D eigenvalue weighted by atomic mass is 35.5. The van der Waals surface area contributed by atoms with E-state index in [1.165, 1.54) is 77.0 Å². The van der Waals surface area contributed by atoms with Gasteiger partial charge < -0.3 is 50.8 Å². The lowest BCUT2D eigenvalue weighted by atomic mass is 10.1. The zero-order valence-corrected chi connectivity index (χ0v) is 43.8. The van der Waals surface area contributed by atoms with Gasteiger partial charge in [0.15, 0.2) is 0 Å². The van der Waals surface area contributed by atoms with Crippen LogP contribution in [0, 0.1) is 0 Å². The average Bonchev–Trinajstić information content (AvgIpc) is 3.16. The second kappa shape index (κ2) is 55.9. The van der Waals surface area contributed by atoms with Gasteiger partial charge in [-0.1, -0.05) is 104 Å². The van der Waals surface area contributed by atoms with Gasteiger partial charge in [-0.05, 0) is 97.3 Å². The normalized spacial score (nSPS) is 12.9. The second-order valence-electron chi connectivity index (χ2n) is 14.6. The van der Waals surface area contributed by atoms with E-state index in [4.69, 9.17) is 41.0 Å². The highest BCUT2D eigenvalue weighted by Crippen LogP contribution is 2.50. The molecule has 0 rings (SSSR count). The molecule has 0 aromatic rings. The molecule has 0 aliphatic rings. The molecule has 0 spiro atoms. The van der Waals surface area contributed by atoms with Gasteiger partial charge in [-0.3, -0.25) is 9.13 Å². The largest absolute Gasteiger partial charge is 0.331 e. The third kappa shape index (κ3) is 49.1. The van der Waals surface area contributed by atoms with Gasteiger partial charge in [-0.15, -0.1) is 74.4 Å². The summed E-state index contributed by atoms with van der Waals surface area (Å²) in [6.07, 6.45) is 23.4. The predicted molar refractivity (Wildman–Crippen MR) is 270 cm³/mol. The maximum Gasteiger partial charge on any atom is 0.331 e. The molecule has 368 valence electrons. The number of rotatable bonds is 44. The van der Waals surface area contributed by atoms with Gasteiger partial charge in [-0.2, -0.15) is 0 Å². The van der Waals surface area contributed by atoms with Crippen molar-refractivity contribution in [2.45, 2.75) is 149 Å². The Kier molecular flexibility index (Phi) is 71.2. The third-order valence-corrected chi connectivity index (χ3v) is 13.3. The maximum atomic E-state index is 14.0. The first-order valence-corrected chi connectivity index (χ1v) is 25.3. The maximum absolute atomic E-state index is 14.0. The van der Waals surface area contributed by atoms with E-state index in [0.717, 1.165) is 77.5 Å². The van der Waals surface area contributed by atoms with Crippen molar-refractivity contribution in [1.29, 1.82) is 0 Å². The Bertz CT molecular complexity index is 811. The molecule has 0 fully saturated rings. The monoisotopic (exact) mass is 1010 g/mol. The minimum absolute atomic E-state index is 0. The first-order valence-electron chi connectivity index (χ1n) is 21.8.